The number of hydrogen-bond acceptors (Lipinski definition) is 7. The zero-order valence-electron chi connectivity index (χ0n) is 21.1. The lowest BCUT2D eigenvalue weighted by Gasteiger charge is -2.40. The Bertz CT molecular complexity index is 881. The SMILES string of the molecule is CCOCC1(C(=O)N2CCN(c3cc(C(F)(F)F)ccn3)CC2)CCC(N[C@@H]2CCOC[C@H]2OC)C1. The Morgan fingerprint density at radius 2 is 2.06 bits per heavy atom. The van der Waals surface area contributed by atoms with Crippen LogP contribution in [0.25, 0.3) is 0 Å². The van der Waals surface area contributed by atoms with Gasteiger partial charge in [0.15, 0.2) is 0 Å². The highest BCUT2D eigenvalue weighted by Gasteiger charge is 2.48. The second-order valence-electron chi connectivity index (χ2n) is 9.95. The van der Waals surface area contributed by atoms with Crippen LogP contribution >= 0.6 is 0 Å². The number of carbonyl (C=O) groups is 1. The van der Waals surface area contributed by atoms with Crippen molar-refractivity contribution in [3.8, 4) is 0 Å². The summed E-state index contributed by atoms with van der Waals surface area (Å²) < 4.78 is 56.3. The van der Waals surface area contributed by atoms with Crippen LogP contribution < -0.4 is 10.2 Å². The van der Waals surface area contributed by atoms with Gasteiger partial charge >= 0.3 is 6.18 Å². The number of nitrogens with one attached hydrogen (secondary N) is 1. The third-order valence-corrected chi connectivity index (χ3v) is 7.66. The molecular weight excluding hydrogens is 477 g/mol. The maximum atomic E-state index is 13.8. The Hall–Kier alpha value is -1.95. The zero-order valence-corrected chi connectivity index (χ0v) is 21.1. The van der Waals surface area contributed by atoms with Crippen molar-refractivity contribution >= 4 is 11.7 Å². The third-order valence-electron chi connectivity index (χ3n) is 7.66. The molecule has 2 unspecified atom stereocenters. The van der Waals surface area contributed by atoms with E-state index < -0.39 is 17.2 Å². The number of aromatic nitrogens is 1. The smallest absolute Gasteiger partial charge is 0.381 e. The van der Waals surface area contributed by atoms with Gasteiger partial charge in [-0.15, -0.1) is 0 Å². The van der Waals surface area contributed by atoms with E-state index in [2.05, 4.69) is 10.3 Å². The minimum Gasteiger partial charge on any atom is -0.381 e. The van der Waals surface area contributed by atoms with E-state index in [1.165, 1.54) is 6.20 Å². The maximum absolute atomic E-state index is 13.8. The summed E-state index contributed by atoms with van der Waals surface area (Å²) in [7, 11) is 1.69. The van der Waals surface area contributed by atoms with E-state index in [0.29, 0.717) is 59.0 Å². The Kier molecular flexibility index (Phi) is 8.75. The van der Waals surface area contributed by atoms with Gasteiger partial charge in [-0.2, -0.15) is 13.2 Å². The van der Waals surface area contributed by atoms with E-state index in [-0.39, 0.29) is 29.9 Å². The summed E-state index contributed by atoms with van der Waals surface area (Å²) >= 11 is 0. The summed E-state index contributed by atoms with van der Waals surface area (Å²) in [6.45, 7) is 5.84. The topological polar surface area (TPSA) is 76.2 Å². The average Bonchev–Trinajstić information content (AvgIpc) is 3.31. The van der Waals surface area contributed by atoms with Gasteiger partial charge in [-0.3, -0.25) is 4.79 Å². The number of hydrogen-bond donors (Lipinski definition) is 1. The number of nitrogens with zero attached hydrogens (tertiary/aromatic N) is 3. The number of amides is 1. The van der Waals surface area contributed by atoms with Crippen LogP contribution in [0.3, 0.4) is 0 Å². The number of ether oxygens (including phenoxy) is 3. The quantitative estimate of drug-likeness (QED) is 0.572. The lowest BCUT2D eigenvalue weighted by atomic mass is 9.84. The zero-order chi connectivity index (χ0) is 25.8. The minimum atomic E-state index is -4.41. The Morgan fingerprint density at radius 3 is 2.75 bits per heavy atom. The summed E-state index contributed by atoms with van der Waals surface area (Å²) in [4.78, 5) is 21.6. The predicted molar refractivity (Wildman–Crippen MR) is 128 cm³/mol. The van der Waals surface area contributed by atoms with Gasteiger partial charge in [-0.1, -0.05) is 0 Å². The molecule has 202 valence electrons. The highest BCUT2D eigenvalue weighted by molar-refractivity contribution is 5.83. The number of carbonyl (C=O) groups excluding carboxylic acids is 1. The van der Waals surface area contributed by atoms with Crippen LogP contribution in [0.5, 0.6) is 0 Å². The van der Waals surface area contributed by atoms with E-state index in [4.69, 9.17) is 14.2 Å². The molecule has 0 aromatic carbocycles. The number of alkyl halides is 3. The van der Waals surface area contributed by atoms with Crippen LogP contribution in [0.4, 0.5) is 19.0 Å². The standard InChI is InChI=1S/C25H37F3N4O4/c1-3-35-17-24(7-4-19(15-24)30-20-6-13-36-16-21(20)34-2)23(33)32-11-9-31(10-12-32)22-14-18(5-8-29-22)25(26,27)28/h5,8,14,19-21,30H,3-4,6-7,9-13,15-17H2,1-2H3/t19?,20-,21-,24?/m1/s1. The Labute approximate surface area is 210 Å². The highest BCUT2D eigenvalue weighted by Crippen LogP contribution is 2.41. The number of halogens is 3. The maximum Gasteiger partial charge on any atom is 0.416 e. The number of methoxy groups -OCH3 is 1. The molecule has 3 aliphatic rings. The molecule has 1 aliphatic carbocycles. The van der Waals surface area contributed by atoms with Crippen molar-refractivity contribution in [2.45, 2.75) is 57.0 Å². The van der Waals surface area contributed by atoms with Crippen molar-refractivity contribution in [3.63, 3.8) is 0 Å². The van der Waals surface area contributed by atoms with Crippen molar-refractivity contribution in [2.75, 3.05) is 64.6 Å². The van der Waals surface area contributed by atoms with Gasteiger partial charge in [0.05, 0.1) is 30.3 Å². The van der Waals surface area contributed by atoms with Crippen LogP contribution in [0.15, 0.2) is 18.3 Å². The fourth-order valence-electron chi connectivity index (χ4n) is 5.63. The first-order valence-electron chi connectivity index (χ1n) is 12.8. The Balaban J connectivity index is 1.38. The molecule has 36 heavy (non-hydrogen) atoms. The van der Waals surface area contributed by atoms with Crippen LogP contribution in [-0.2, 0) is 25.2 Å². The first-order chi connectivity index (χ1) is 17.3. The van der Waals surface area contributed by atoms with Crippen LogP contribution in [0.1, 0.15) is 38.2 Å². The fraction of sp³-hybridized carbons (Fsp3) is 0.760. The molecule has 1 amide bonds. The summed E-state index contributed by atoms with van der Waals surface area (Å²) in [5, 5.41) is 3.71. The summed E-state index contributed by atoms with van der Waals surface area (Å²) in [5.41, 5.74) is -1.32. The minimum absolute atomic E-state index is 0.00567. The molecule has 4 atom stereocenters. The van der Waals surface area contributed by atoms with Crippen molar-refractivity contribution in [2.24, 2.45) is 5.41 Å². The summed E-state index contributed by atoms with van der Waals surface area (Å²) in [5.74, 6) is 0.363. The van der Waals surface area contributed by atoms with Crippen molar-refractivity contribution in [1.82, 2.24) is 15.2 Å². The van der Waals surface area contributed by atoms with Gasteiger partial charge < -0.3 is 29.3 Å². The number of anilines is 1. The molecule has 4 rings (SSSR count). The molecular formula is C25H37F3N4O4. The van der Waals surface area contributed by atoms with Crippen LogP contribution in [0.2, 0.25) is 0 Å². The molecule has 1 N–H and O–H groups in total. The first kappa shape index (κ1) is 27.1. The van der Waals surface area contributed by atoms with Gasteiger partial charge in [-0.05, 0) is 44.7 Å². The van der Waals surface area contributed by atoms with Gasteiger partial charge in [0, 0.05) is 64.8 Å². The van der Waals surface area contributed by atoms with Gasteiger partial charge in [-0.25, -0.2) is 4.98 Å². The lowest BCUT2D eigenvalue weighted by Crippen LogP contribution is -2.55. The summed E-state index contributed by atoms with van der Waals surface area (Å²) in [6.07, 6.45) is -0.0656. The second kappa shape index (κ2) is 11.6. The number of rotatable bonds is 8. The van der Waals surface area contributed by atoms with Crippen molar-refractivity contribution in [1.29, 1.82) is 0 Å². The molecule has 2 aliphatic heterocycles. The van der Waals surface area contributed by atoms with E-state index in [9.17, 15) is 18.0 Å². The molecule has 1 saturated carbocycles. The van der Waals surface area contributed by atoms with Gasteiger partial charge in [0.1, 0.15) is 5.82 Å². The molecule has 8 nitrogen and oxygen atoms in total. The molecule has 1 aromatic rings. The second-order valence-corrected chi connectivity index (χ2v) is 9.95. The molecule has 0 spiro atoms. The normalized spacial score (nSPS) is 29.5. The van der Waals surface area contributed by atoms with Gasteiger partial charge in [0.2, 0.25) is 5.91 Å². The first-order valence-corrected chi connectivity index (χ1v) is 12.8. The molecule has 3 fully saturated rings. The van der Waals surface area contributed by atoms with E-state index in [0.717, 1.165) is 31.4 Å². The molecule has 3 heterocycles. The molecule has 1 aromatic heterocycles. The predicted octanol–water partition coefficient (Wildman–Crippen LogP) is 2.72. The highest BCUT2D eigenvalue weighted by atomic mass is 19.4. The van der Waals surface area contributed by atoms with E-state index in [1.807, 2.05) is 16.7 Å². The fourth-order valence-corrected chi connectivity index (χ4v) is 5.63. The molecule has 0 bridgehead atoms. The van der Waals surface area contributed by atoms with Gasteiger partial charge in [0.25, 0.3) is 0 Å². The average molecular weight is 515 g/mol. The molecule has 0 radical (unpaired) electrons. The molecule has 11 heteroatoms. The van der Waals surface area contributed by atoms with Crippen molar-refractivity contribution < 1.29 is 32.2 Å². The Morgan fingerprint density at radius 1 is 1.28 bits per heavy atom. The van der Waals surface area contributed by atoms with Crippen LogP contribution in [0, 0.1) is 5.41 Å². The van der Waals surface area contributed by atoms with Crippen molar-refractivity contribution in [3.05, 3.63) is 23.9 Å². The third kappa shape index (κ3) is 6.12. The van der Waals surface area contributed by atoms with Crippen LogP contribution in [-0.4, -0.2) is 93.7 Å². The lowest BCUT2D eigenvalue weighted by molar-refractivity contribution is -0.146. The number of piperazine rings is 1. The van der Waals surface area contributed by atoms with E-state index in [1.54, 1.807) is 7.11 Å². The largest absolute Gasteiger partial charge is 0.416 e. The monoisotopic (exact) mass is 514 g/mol. The number of pyridine rings is 1. The molecule has 2 saturated heterocycles. The summed E-state index contributed by atoms with van der Waals surface area (Å²) in [6, 6.07) is 2.42. The van der Waals surface area contributed by atoms with E-state index >= 15 is 0 Å².